The van der Waals surface area contributed by atoms with Gasteiger partial charge in [0.25, 0.3) is 5.91 Å². The number of thiazole rings is 1. The summed E-state index contributed by atoms with van der Waals surface area (Å²) < 4.78 is 45.2. The van der Waals surface area contributed by atoms with Crippen molar-refractivity contribution in [2.75, 3.05) is 0 Å². The minimum Gasteiger partial charge on any atom is -0.503 e. The molecule has 33 heavy (non-hydrogen) atoms. The number of amides is 1. The summed E-state index contributed by atoms with van der Waals surface area (Å²) in [5.41, 5.74) is -0.395. The van der Waals surface area contributed by atoms with Crippen LogP contribution >= 0.6 is 11.3 Å². The zero-order chi connectivity index (χ0) is 24.1. The average molecular weight is 476 g/mol. The molecular formula is C23H19F3N2O4S. The first-order valence-corrected chi connectivity index (χ1v) is 10.7. The lowest BCUT2D eigenvalue weighted by molar-refractivity contribution is -0.137. The van der Waals surface area contributed by atoms with E-state index < -0.39 is 35.2 Å². The lowest BCUT2D eigenvalue weighted by atomic mass is 9.99. The molecule has 3 aromatic rings. The molecule has 0 fully saturated rings. The van der Waals surface area contributed by atoms with Crippen LogP contribution in [0, 0.1) is 20.8 Å². The number of nitrogens with zero attached hydrogens (tertiary/aromatic N) is 2. The fourth-order valence-electron chi connectivity index (χ4n) is 3.85. The molecule has 0 spiro atoms. The summed E-state index contributed by atoms with van der Waals surface area (Å²) in [5, 5.41) is 11.3. The number of furan rings is 1. The maximum atomic E-state index is 13.4. The molecule has 3 heterocycles. The first-order valence-electron chi connectivity index (χ1n) is 9.92. The van der Waals surface area contributed by atoms with Gasteiger partial charge in [0.15, 0.2) is 5.76 Å². The zero-order valence-electron chi connectivity index (χ0n) is 17.9. The summed E-state index contributed by atoms with van der Waals surface area (Å²) in [6.45, 7) is 4.79. The first kappa shape index (κ1) is 22.8. The Morgan fingerprint density at radius 3 is 2.52 bits per heavy atom. The number of aliphatic hydroxyl groups is 1. The summed E-state index contributed by atoms with van der Waals surface area (Å²) in [6.07, 6.45) is -4.55. The molecule has 1 aliphatic heterocycles. The van der Waals surface area contributed by atoms with E-state index in [9.17, 15) is 27.9 Å². The van der Waals surface area contributed by atoms with Crippen molar-refractivity contribution in [3.63, 3.8) is 0 Å². The van der Waals surface area contributed by atoms with Crippen LogP contribution in [-0.4, -0.2) is 26.7 Å². The van der Waals surface area contributed by atoms with Crippen LogP contribution < -0.4 is 0 Å². The van der Waals surface area contributed by atoms with Crippen molar-refractivity contribution >= 4 is 23.0 Å². The van der Waals surface area contributed by atoms with E-state index >= 15 is 0 Å². The van der Waals surface area contributed by atoms with Crippen LogP contribution in [0.4, 0.5) is 13.2 Å². The zero-order valence-corrected chi connectivity index (χ0v) is 18.7. The van der Waals surface area contributed by atoms with Gasteiger partial charge in [0.05, 0.1) is 26.7 Å². The van der Waals surface area contributed by atoms with Gasteiger partial charge in [0.1, 0.15) is 17.6 Å². The average Bonchev–Trinajstić information content (AvgIpc) is 3.39. The number of aliphatic hydroxyl groups excluding tert-OH is 1. The van der Waals surface area contributed by atoms with Crippen LogP contribution in [0.2, 0.25) is 0 Å². The summed E-state index contributed by atoms with van der Waals surface area (Å²) in [7, 11) is 0. The number of benzene rings is 1. The van der Waals surface area contributed by atoms with Gasteiger partial charge in [-0.25, -0.2) is 4.98 Å². The van der Waals surface area contributed by atoms with Crippen molar-refractivity contribution in [3.05, 3.63) is 86.0 Å². The third-order valence-electron chi connectivity index (χ3n) is 5.30. The van der Waals surface area contributed by atoms with E-state index in [1.807, 2.05) is 0 Å². The van der Waals surface area contributed by atoms with E-state index in [1.54, 1.807) is 32.9 Å². The maximum absolute atomic E-state index is 13.4. The minimum atomic E-state index is -4.55. The molecule has 0 saturated carbocycles. The van der Waals surface area contributed by atoms with Gasteiger partial charge in [-0.3, -0.25) is 9.59 Å². The van der Waals surface area contributed by atoms with E-state index in [2.05, 4.69) is 4.98 Å². The monoisotopic (exact) mass is 476 g/mol. The molecule has 0 saturated heterocycles. The van der Waals surface area contributed by atoms with E-state index in [0.717, 1.165) is 28.4 Å². The SMILES string of the molecule is Cc1ccc(C2C(C(=O)c3sc(C)nc3C)=C(O)C(=O)N2Cc2cccc(C(F)(F)F)c2)o1. The predicted molar refractivity (Wildman–Crippen MR) is 114 cm³/mol. The highest BCUT2D eigenvalue weighted by Crippen LogP contribution is 2.42. The Balaban J connectivity index is 1.78. The van der Waals surface area contributed by atoms with Gasteiger partial charge in [-0.05, 0) is 50.6 Å². The molecule has 6 nitrogen and oxygen atoms in total. The lowest BCUT2D eigenvalue weighted by Gasteiger charge is -2.25. The van der Waals surface area contributed by atoms with Crippen LogP contribution in [0.3, 0.4) is 0 Å². The normalized spacial score (nSPS) is 16.7. The number of carbonyl (C=O) groups is 2. The number of hydrogen-bond acceptors (Lipinski definition) is 6. The van der Waals surface area contributed by atoms with Gasteiger partial charge in [-0.1, -0.05) is 12.1 Å². The number of ketones is 1. The van der Waals surface area contributed by atoms with E-state index in [4.69, 9.17) is 4.42 Å². The summed E-state index contributed by atoms with van der Waals surface area (Å²) in [5.74, 6) is -1.46. The minimum absolute atomic E-state index is 0.187. The van der Waals surface area contributed by atoms with Crippen molar-refractivity contribution in [2.45, 2.75) is 39.5 Å². The van der Waals surface area contributed by atoms with Gasteiger partial charge in [0, 0.05) is 6.54 Å². The molecule has 0 bridgehead atoms. The quantitative estimate of drug-likeness (QED) is 0.495. The smallest absolute Gasteiger partial charge is 0.416 e. The molecule has 1 aliphatic rings. The van der Waals surface area contributed by atoms with Crippen molar-refractivity contribution in [3.8, 4) is 0 Å². The fraction of sp³-hybridized carbons (Fsp3) is 0.261. The van der Waals surface area contributed by atoms with E-state index in [0.29, 0.717) is 16.5 Å². The topological polar surface area (TPSA) is 83.6 Å². The van der Waals surface area contributed by atoms with Crippen LogP contribution in [0.15, 0.2) is 52.1 Å². The third kappa shape index (κ3) is 4.18. The van der Waals surface area contributed by atoms with E-state index in [-0.39, 0.29) is 28.3 Å². The number of halogens is 3. The summed E-state index contributed by atoms with van der Waals surface area (Å²) in [4.78, 5) is 32.0. The van der Waals surface area contributed by atoms with Gasteiger partial charge < -0.3 is 14.4 Å². The molecule has 2 aromatic heterocycles. The van der Waals surface area contributed by atoms with Crippen molar-refractivity contribution in [2.24, 2.45) is 0 Å². The largest absolute Gasteiger partial charge is 0.503 e. The second-order valence-corrected chi connectivity index (χ2v) is 8.92. The highest BCUT2D eigenvalue weighted by atomic mass is 32.1. The van der Waals surface area contributed by atoms with Gasteiger partial charge in [-0.15, -0.1) is 11.3 Å². The molecule has 0 radical (unpaired) electrons. The van der Waals surface area contributed by atoms with Crippen molar-refractivity contribution < 1.29 is 32.3 Å². The Morgan fingerprint density at radius 1 is 1.21 bits per heavy atom. The molecule has 4 rings (SSSR count). The number of hydrogen-bond donors (Lipinski definition) is 1. The molecule has 10 heteroatoms. The highest BCUT2D eigenvalue weighted by molar-refractivity contribution is 7.14. The number of aromatic nitrogens is 1. The molecule has 172 valence electrons. The van der Waals surface area contributed by atoms with Crippen molar-refractivity contribution in [1.82, 2.24) is 9.88 Å². The number of aryl methyl sites for hydroxylation is 3. The van der Waals surface area contributed by atoms with Crippen molar-refractivity contribution in [1.29, 1.82) is 0 Å². The Labute approximate surface area is 191 Å². The Kier molecular flexibility index (Phi) is 5.65. The summed E-state index contributed by atoms with van der Waals surface area (Å²) >= 11 is 1.13. The molecule has 0 aliphatic carbocycles. The van der Waals surface area contributed by atoms with Gasteiger partial charge >= 0.3 is 6.18 Å². The number of Topliss-reactive ketones (excluding diaryl/α,β-unsaturated/α-hetero) is 1. The molecule has 1 aromatic carbocycles. The Hall–Kier alpha value is -3.40. The number of alkyl halides is 3. The van der Waals surface area contributed by atoms with Gasteiger partial charge in [-0.2, -0.15) is 13.2 Å². The van der Waals surface area contributed by atoms with Gasteiger partial charge in [0.2, 0.25) is 5.78 Å². The van der Waals surface area contributed by atoms with Crippen LogP contribution in [0.1, 0.15) is 49.1 Å². The highest BCUT2D eigenvalue weighted by Gasteiger charge is 2.46. The lowest BCUT2D eigenvalue weighted by Crippen LogP contribution is -2.30. The summed E-state index contributed by atoms with van der Waals surface area (Å²) in [6, 6.07) is 6.67. The fourth-order valence-corrected chi connectivity index (χ4v) is 4.73. The van der Waals surface area contributed by atoms with Crippen LogP contribution in [0.25, 0.3) is 0 Å². The third-order valence-corrected chi connectivity index (χ3v) is 6.37. The second kappa shape index (κ2) is 8.18. The first-order chi connectivity index (χ1) is 15.5. The van der Waals surface area contributed by atoms with Crippen LogP contribution in [-0.2, 0) is 17.5 Å². The van der Waals surface area contributed by atoms with E-state index in [1.165, 1.54) is 12.1 Å². The Morgan fingerprint density at radius 2 is 1.94 bits per heavy atom. The number of rotatable bonds is 5. The molecule has 1 unspecified atom stereocenters. The number of carbonyl (C=O) groups excluding carboxylic acids is 2. The van der Waals surface area contributed by atoms with Crippen LogP contribution in [0.5, 0.6) is 0 Å². The standard InChI is InChI=1S/C23H19F3N2O4S/c1-11-7-8-16(32-11)18-17(19(29)21-12(2)27-13(3)33-21)20(30)22(31)28(18)10-14-5-4-6-15(9-14)23(24,25)26/h4-9,18,30H,10H2,1-3H3. The second-order valence-electron chi connectivity index (χ2n) is 7.72. The maximum Gasteiger partial charge on any atom is 0.416 e. The molecule has 1 atom stereocenters. The Bertz CT molecular complexity index is 1290. The molecular weight excluding hydrogens is 457 g/mol. The molecule has 1 N–H and O–H groups in total. The predicted octanol–water partition coefficient (Wildman–Crippen LogP) is 5.46. The molecule has 1 amide bonds.